The van der Waals surface area contributed by atoms with Gasteiger partial charge in [0, 0.05) is 35.5 Å². The molecule has 0 radical (unpaired) electrons. The molecule has 2 aliphatic rings. The van der Waals surface area contributed by atoms with Gasteiger partial charge in [-0.2, -0.15) is 0 Å². The average Bonchev–Trinajstić information content (AvgIpc) is 3.27. The number of hydrogen-bond donors (Lipinski definition) is 3. The summed E-state index contributed by atoms with van der Waals surface area (Å²) < 4.78 is 0. The monoisotopic (exact) mass is 659 g/mol. The van der Waals surface area contributed by atoms with Crippen LogP contribution in [-0.2, 0) is 17.8 Å². The molecule has 1 aliphatic heterocycles. The number of allylic oxidation sites excluding steroid dienone is 7. The molecular weight excluding hydrogens is 618 g/mol. The molecule has 2 amide bonds. The highest BCUT2D eigenvalue weighted by atomic mass is 35.5. The molecule has 9 nitrogen and oxygen atoms in total. The van der Waals surface area contributed by atoms with Gasteiger partial charge in [0.15, 0.2) is 5.13 Å². The van der Waals surface area contributed by atoms with Gasteiger partial charge < -0.3 is 11.1 Å². The van der Waals surface area contributed by atoms with E-state index in [1.165, 1.54) is 23.2 Å². The van der Waals surface area contributed by atoms with Crippen molar-refractivity contribution in [3.63, 3.8) is 0 Å². The minimum Gasteiger partial charge on any atom is -0.397 e. The summed E-state index contributed by atoms with van der Waals surface area (Å²) in [6, 6.07) is 4.99. The second kappa shape index (κ2) is 17.0. The van der Waals surface area contributed by atoms with Gasteiger partial charge in [-0.3, -0.25) is 24.8 Å². The van der Waals surface area contributed by atoms with Crippen LogP contribution in [0, 0.1) is 5.92 Å². The number of fused-ring (bicyclic) bond motifs is 1. The Hall–Kier alpha value is -4.12. The average molecular weight is 660 g/mol. The lowest BCUT2D eigenvalue weighted by molar-refractivity contribution is -0.116. The SMILES string of the molecule is C/C=C(\C=C/C(C)Cl)CN(CC)Cc1sc(NC(=O)c2cccc(N)c2N=CNC(=O)C2=CC3=CC=CCCC3C=N2)nc1CC. The topological polar surface area (TPSA) is 125 Å². The lowest BCUT2D eigenvalue weighted by Gasteiger charge is -2.20. The van der Waals surface area contributed by atoms with Gasteiger partial charge in [-0.1, -0.05) is 56.4 Å². The zero-order valence-corrected chi connectivity index (χ0v) is 28.4. The van der Waals surface area contributed by atoms with Crippen molar-refractivity contribution in [1.29, 1.82) is 0 Å². The van der Waals surface area contributed by atoms with Crippen LogP contribution in [0.4, 0.5) is 16.5 Å². The van der Waals surface area contributed by atoms with Gasteiger partial charge in [-0.05, 0) is 69.0 Å². The molecule has 0 fully saturated rings. The summed E-state index contributed by atoms with van der Waals surface area (Å²) in [7, 11) is 0. The Morgan fingerprint density at radius 3 is 2.85 bits per heavy atom. The fraction of sp³-hybridized carbons (Fsp3) is 0.343. The number of carbonyl (C=O) groups excluding carboxylic acids is 2. The first-order valence-corrected chi connectivity index (χ1v) is 16.8. The summed E-state index contributed by atoms with van der Waals surface area (Å²) in [5.74, 6) is -0.587. The van der Waals surface area contributed by atoms with Crippen LogP contribution in [0.3, 0.4) is 0 Å². The normalized spacial score (nSPS) is 17.2. The smallest absolute Gasteiger partial charge is 0.274 e. The van der Waals surface area contributed by atoms with E-state index in [-0.39, 0.29) is 22.5 Å². The predicted molar refractivity (Wildman–Crippen MR) is 192 cm³/mol. The molecule has 0 saturated carbocycles. The minimum atomic E-state index is -0.400. The fourth-order valence-electron chi connectivity index (χ4n) is 5.00. The van der Waals surface area contributed by atoms with Gasteiger partial charge in [0.25, 0.3) is 11.8 Å². The number of halogens is 1. The molecule has 2 aromatic rings. The number of amides is 2. The molecule has 2 unspecified atom stereocenters. The zero-order chi connectivity index (χ0) is 33.1. The molecule has 0 saturated heterocycles. The van der Waals surface area contributed by atoms with Crippen molar-refractivity contribution in [1.82, 2.24) is 15.2 Å². The summed E-state index contributed by atoms with van der Waals surface area (Å²) in [6.07, 6.45) is 19.8. The molecule has 2 atom stereocenters. The van der Waals surface area contributed by atoms with E-state index in [1.54, 1.807) is 24.3 Å². The highest BCUT2D eigenvalue weighted by Crippen LogP contribution is 2.30. The van der Waals surface area contributed by atoms with Crippen molar-refractivity contribution >= 4 is 63.8 Å². The number of aryl methyl sites for hydroxylation is 1. The van der Waals surface area contributed by atoms with Crippen molar-refractivity contribution < 1.29 is 9.59 Å². The number of aliphatic imine (C=N–C) groups is 2. The summed E-state index contributed by atoms with van der Waals surface area (Å²) in [4.78, 5) is 43.1. The lowest BCUT2D eigenvalue weighted by Crippen LogP contribution is -2.25. The Labute approximate surface area is 280 Å². The Morgan fingerprint density at radius 1 is 1.28 bits per heavy atom. The number of rotatable bonds is 13. The number of para-hydroxylation sites is 1. The van der Waals surface area contributed by atoms with Gasteiger partial charge in [-0.15, -0.1) is 22.9 Å². The Kier molecular flexibility index (Phi) is 12.8. The summed E-state index contributed by atoms with van der Waals surface area (Å²) in [5, 5.41) is 6.06. The molecule has 1 aromatic carbocycles. The van der Waals surface area contributed by atoms with Crippen molar-refractivity contribution in [2.24, 2.45) is 15.9 Å². The molecule has 46 heavy (non-hydrogen) atoms. The van der Waals surface area contributed by atoms with Gasteiger partial charge in [0.2, 0.25) is 0 Å². The van der Waals surface area contributed by atoms with Crippen LogP contribution in [0.25, 0.3) is 0 Å². The number of hydrogen-bond acceptors (Lipinski definition) is 8. The standard InChI is InChI=1S/C35H42ClN7O2S/c1-5-24(17-16-23(4)36)20-43(7-3)21-31-29(6-2)41-35(46-31)42-33(44)27-14-11-15-28(37)32(27)39-22-40-34(45)30-18-25-12-9-8-10-13-26(25)19-38-30/h5,8-9,11-12,14-19,22-23,26H,6-7,10,13,20-21,37H2,1-4H3,(H,39,40,45)(H,41,42,44)/b17-16-,24-5+. The van der Waals surface area contributed by atoms with Crippen LogP contribution in [-0.4, -0.2) is 52.7 Å². The predicted octanol–water partition coefficient (Wildman–Crippen LogP) is 7.13. The Morgan fingerprint density at radius 2 is 2.11 bits per heavy atom. The van der Waals surface area contributed by atoms with Crippen LogP contribution >= 0.6 is 22.9 Å². The third kappa shape index (κ3) is 9.45. The van der Waals surface area contributed by atoms with Gasteiger partial charge in [0.05, 0.1) is 23.3 Å². The molecular formula is C35H42ClN7O2S. The van der Waals surface area contributed by atoms with Crippen LogP contribution in [0.1, 0.15) is 61.5 Å². The Balaban J connectivity index is 1.44. The zero-order valence-electron chi connectivity index (χ0n) is 26.8. The first kappa shape index (κ1) is 34.7. The molecule has 2 heterocycles. The van der Waals surface area contributed by atoms with Crippen LogP contribution in [0.15, 0.2) is 87.6 Å². The van der Waals surface area contributed by atoms with Crippen molar-refractivity contribution in [3.05, 3.63) is 93.7 Å². The molecule has 11 heteroatoms. The molecule has 0 bridgehead atoms. The number of aromatic nitrogens is 1. The number of nitrogen functional groups attached to an aromatic ring is 1. The van der Waals surface area contributed by atoms with Crippen molar-refractivity contribution in [2.75, 3.05) is 24.1 Å². The van der Waals surface area contributed by atoms with Crippen molar-refractivity contribution in [2.45, 2.75) is 58.9 Å². The first-order chi connectivity index (χ1) is 22.2. The number of likely N-dealkylation sites (N-methyl/N-ethyl adjacent to an activating group) is 1. The second-order valence-electron chi connectivity index (χ2n) is 11.0. The van der Waals surface area contributed by atoms with E-state index in [1.807, 2.05) is 38.3 Å². The number of nitrogens with zero attached hydrogens (tertiary/aromatic N) is 4. The van der Waals surface area contributed by atoms with Gasteiger partial charge in [-0.25, -0.2) is 9.98 Å². The second-order valence-corrected chi connectivity index (χ2v) is 12.7. The Bertz CT molecular complexity index is 1630. The van der Waals surface area contributed by atoms with Crippen LogP contribution < -0.4 is 16.4 Å². The highest BCUT2D eigenvalue weighted by molar-refractivity contribution is 7.15. The number of nitrogens with one attached hydrogen (secondary N) is 2. The van der Waals surface area contributed by atoms with E-state index in [2.05, 4.69) is 57.6 Å². The number of anilines is 2. The number of thiazole rings is 1. The maximum absolute atomic E-state index is 13.5. The summed E-state index contributed by atoms with van der Waals surface area (Å²) in [6.45, 7) is 10.5. The van der Waals surface area contributed by atoms with E-state index in [0.717, 1.165) is 48.5 Å². The van der Waals surface area contributed by atoms with Crippen LogP contribution in [0.5, 0.6) is 0 Å². The molecule has 242 valence electrons. The summed E-state index contributed by atoms with van der Waals surface area (Å²) >= 11 is 7.57. The summed E-state index contributed by atoms with van der Waals surface area (Å²) in [5.41, 5.74) is 10.5. The number of alkyl halides is 1. The maximum Gasteiger partial charge on any atom is 0.274 e. The molecule has 0 spiro atoms. The van der Waals surface area contributed by atoms with Crippen LogP contribution in [0.2, 0.25) is 0 Å². The molecule has 4 N–H and O–H groups in total. The van der Waals surface area contributed by atoms with E-state index in [0.29, 0.717) is 23.1 Å². The van der Waals surface area contributed by atoms with E-state index in [4.69, 9.17) is 22.3 Å². The fourth-order valence-corrected chi connectivity index (χ4v) is 6.16. The van der Waals surface area contributed by atoms with Crippen molar-refractivity contribution in [3.8, 4) is 0 Å². The third-order valence-corrected chi connectivity index (χ3v) is 8.77. The molecule has 4 rings (SSSR count). The van der Waals surface area contributed by atoms with E-state index >= 15 is 0 Å². The maximum atomic E-state index is 13.5. The number of nitrogens with two attached hydrogens (primary N) is 1. The van der Waals surface area contributed by atoms with E-state index < -0.39 is 11.8 Å². The van der Waals surface area contributed by atoms with Gasteiger partial charge >= 0.3 is 0 Å². The molecule has 1 aliphatic carbocycles. The lowest BCUT2D eigenvalue weighted by atomic mass is 9.93. The van der Waals surface area contributed by atoms with E-state index in [9.17, 15) is 9.59 Å². The number of carbonyl (C=O) groups is 2. The first-order valence-electron chi connectivity index (χ1n) is 15.6. The quantitative estimate of drug-likeness (QED) is 0.0694. The number of benzene rings is 1. The highest BCUT2D eigenvalue weighted by Gasteiger charge is 2.20. The third-order valence-electron chi connectivity index (χ3n) is 7.63. The minimum absolute atomic E-state index is 0.0338. The molecule has 1 aromatic heterocycles. The largest absolute Gasteiger partial charge is 0.397 e. The van der Waals surface area contributed by atoms with Gasteiger partial charge in [0.1, 0.15) is 11.4 Å².